The molecule has 1 aliphatic rings. The molecule has 0 radical (unpaired) electrons. The van der Waals surface area contributed by atoms with Crippen LogP contribution in [0.4, 0.5) is 19.0 Å². The smallest absolute Gasteiger partial charge is 0.383 e. The van der Waals surface area contributed by atoms with Crippen molar-refractivity contribution >= 4 is 34.9 Å². The predicted molar refractivity (Wildman–Crippen MR) is 87.8 cm³/mol. The van der Waals surface area contributed by atoms with E-state index in [1.165, 1.54) is 0 Å². The molecule has 1 amide bonds. The van der Waals surface area contributed by atoms with E-state index in [1.807, 2.05) is 6.07 Å². The van der Waals surface area contributed by atoms with Gasteiger partial charge in [-0.25, -0.2) is 4.68 Å². The molecule has 0 bridgehead atoms. The minimum atomic E-state index is -4.64. The second kappa shape index (κ2) is 5.79. The summed E-state index contributed by atoms with van der Waals surface area (Å²) in [4.78, 5) is 11.8. The van der Waals surface area contributed by atoms with E-state index in [0.717, 1.165) is 4.68 Å². The molecule has 6 nitrogen and oxygen atoms in total. The second-order valence-corrected chi connectivity index (χ2v) is 6.68. The van der Waals surface area contributed by atoms with E-state index in [4.69, 9.17) is 34.7 Å². The Bertz CT molecular complexity index is 950. The number of hydrogen-bond donors (Lipinski definition) is 2. The molecule has 0 aliphatic heterocycles. The summed E-state index contributed by atoms with van der Waals surface area (Å²) in [6, 6.07) is 3.17. The van der Waals surface area contributed by atoms with Gasteiger partial charge in [0.25, 0.3) is 0 Å². The van der Waals surface area contributed by atoms with Gasteiger partial charge >= 0.3 is 6.18 Å². The molecule has 1 fully saturated rings. The standard InChI is InChI=1S/C15H10Cl2F3N5O/c16-7-3-6(15(18,19)20)4-8(17)11(7)25-12(22)10(9(5-21)24-25)14(1-2-14)13(23)26/h3-4H,1-2,22H2,(H2,23,26). The molecule has 26 heavy (non-hydrogen) atoms. The molecular formula is C15H10Cl2F3N5O. The lowest BCUT2D eigenvalue weighted by Gasteiger charge is -2.14. The van der Waals surface area contributed by atoms with Gasteiger partial charge in [-0.2, -0.15) is 23.5 Å². The number of carbonyl (C=O) groups excluding carboxylic acids is 1. The van der Waals surface area contributed by atoms with Gasteiger partial charge in [0, 0.05) is 5.56 Å². The SMILES string of the molecule is N#Cc1nn(-c2c(Cl)cc(C(F)(F)F)cc2Cl)c(N)c1C1(C(N)=O)CC1. The summed E-state index contributed by atoms with van der Waals surface area (Å²) in [5.41, 5.74) is 9.15. The van der Waals surface area contributed by atoms with E-state index in [0.29, 0.717) is 25.0 Å². The highest BCUT2D eigenvalue weighted by Crippen LogP contribution is 2.52. The number of nitrogens with zero attached hydrogens (tertiary/aromatic N) is 3. The van der Waals surface area contributed by atoms with Crippen LogP contribution in [0.1, 0.15) is 29.7 Å². The highest BCUT2D eigenvalue weighted by Gasteiger charge is 2.54. The molecule has 1 saturated carbocycles. The Balaban J connectivity index is 2.23. The summed E-state index contributed by atoms with van der Waals surface area (Å²) in [6.45, 7) is 0. The minimum Gasteiger partial charge on any atom is -0.383 e. The number of rotatable bonds is 3. The molecule has 2 aromatic rings. The number of primary amides is 1. The van der Waals surface area contributed by atoms with Gasteiger partial charge in [0.15, 0.2) is 5.69 Å². The van der Waals surface area contributed by atoms with Crippen molar-refractivity contribution < 1.29 is 18.0 Å². The molecular weight excluding hydrogens is 394 g/mol. The van der Waals surface area contributed by atoms with E-state index in [-0.39, 0.29) is 32.8 Å². The van der Waals surface area contributed by atoms with Gasteiger partial charge in [0.05, 0.1) is 21.0 Å². The molecule has 3 rings (SSSR count). The van der Waals surface area contributed by atoms with Gasteiger partial charge in [0.1, 0.15) is 17.6 Å². The van der Waals surface area contributed by atoms with Crippen LogP contribution in [-0.4, -0.2) is 15.7 Å². The maximum Gasteiger partial charge on any atom is 0.416 e. The number of alkyl halides is 3. The summed E-state index contributed by atoms with van der Waals surface area (Å²) in [6.07, 6.45) is -3.86. The lowest BCUT2D eigenvalue weighted by atomic mass is 9.95. The maximum absolute atomic E-state index is 12.9. The Kier molecular flexibility index (Phi) is 4.09. The van der Waals surface area contributed by atoms with Crippen LogP contribution >= 0.6 is 23.2 Å². The van der Waals surface area contributed by atoms with Gasteiger partial charge in [-0.1, -0.05) is 23.2 Å². The number of nitriles is 1. The third kappa shape index (κ3) is 2.66. The molecule has 136 valence electrons. The molecule has 11 heteroatoms. The molecule has 0 unspecified atom stereocenters. The van der Waals surface area contributed by atoms with Crippen LogP contribution in [0.25, 0.3) is 5.69 Å². The lowest BCUT2D eigenvalue weighted by Crippen LogP contribution is -2.29. The van der Waals surface area contributed by atoms with Crippen molar-refractivity contribution in [1.82, 2.24) is 9.78 Å². The summed E-state index contributed by atoms with van der Waals surface area (Å²) in [5, 5.41) is 12.6. The molecule has 4 N–H and O–H groups in total. The summed E-state index contributed by atoms with van der Waals surface area (Å²) < 4.78 is 39.6. The Morgan fingerprint density at radius 3 is 2.23 bits per heavy atom. The third-order valence-electron chi connectivity index (χ3n) is 4.28. The normalized spacial score (nSPS) is 15.5. The first-order valence-corrected chi connectivity index (χ1v) is 7.94. The highest BCUT2D eigenvalue weighted by atomic mass is 35.5. The first-order valence-electron chi connectivity index (χ1n) is 7.18. The maximum atomic E-state index is 12.9. The van der Waals surface area contributed by atoms with Crippen LogP contribution in [0.5, 0.6) is 0 Å². The number of amides is 1. The van der Waals surface area contributed by atoms with Crippen LogP contribution in [0.15, 0.2) is 12.1 Å². The topological polar surface area (TPSA) is 111 Å². The van der Waals surface area contributed by atoms with Gasteiger partial charge < -0.3 is 11.5 Å². The largest absolute Gasteiger partial charge is 0.416 e. The van der Waals surface area contributed by atoms with E-state index in [1.54, 1.807) is 0 Å². The highest BCUT2D eigenvalue weighted by molar-refractivity contribution is 6.38. The number of carbonyl (C=O) groups is 1. The lowest BCUT2D eigenvalue weighted by molar-refractivity contribution is -0.137. The third-order valence-corrected chi connectivity index (χ3v) is 4.86. The Labute approximate surface area is 155 Å². The van der Waals surface area contributed by atoms with Crippen molar-refractivity contribution in [3.63, 3.8) is 0 Å². The molecule has 0 atom stereocenters. The van der Waals surface area contributed by atoms with E-state index in [2.05, 4.69) is 5.10 Å². The molecule has 1 heterocycles. The van der Waals surface area contributed by atoms with Crippen LogP contribution in [0.2, 0.25) is 10.0 Å². The molecule has 0 saturated heterocycles. The zero-order valence-electron chi connectivity index (χ0n) is 12.9. The zero-order chi connectivity index (χ0) is 19.4. The van der Waals surface area contributed by atoms with E-state index in [9.17, 15) is 23.2 Å². The summed E-state index contributed by atoms with van der Waals surface area (Å²) >= 11 is 11.9. The summed E-state index contributed by atoms with van der Waals surface area (Å²) in [5.74, 6) is -0.786. The first kappa shape index (κ1) is 18.4. The van der Waals surface area contributed by atoms with Crippen molar-refractivity contribution in [2.75, 3.05) is 5.73 Å². The number of benzene rings is 1. The Morgan fingerprint density at radius 2 is 1.85 bits per heavy atom. The fourth-order valence-corrected chi connectivity index (χ4v) is 3.47. The zero-order valence-corrected chi connectivity index (χ0v) is 14.4. The average Bonchev–Trinajstić information content (AvgIpc) is 3.26. The molecule has 1 aliphatic carbocycles. The minimum absolute atomic E-state index is 0.123. The van der Waals surface area contributed by atoms with Crippen molar-refractivity contribution in [3.05, 3.63) is 39.0 Å². The van der Waals surface area contributed by atoms with Crippen LogP contribution in [0.3, 0.4) is 0 Å². The monoisotopic (exact) mass is 403 g/mol. The van der Waals surface area contributed by atoms with Gasteiger partial charge in [-0.05, 0) is 25.0 Å². The number of hydrogen-bond acceptors (Lipinski definition) is 4. The van der Waals surface area contributed by atoms with E-state index < -0.39 is 23.1 Å². The van der Waals surface area contributed by atoms with Crippen LogP contribution in [-0.2, 0) is 16.4 Å². The molecule has 1 aromatic heterocycles. The molecule has 0 spiro atoms. The Morgan fingerprint density at radius 1 is 1.31 bits per heavy atom. The number of nitrogens with two attached hydrogens (primary N) is 2. The fraction of sp³-hybridized carbons (Fsp3) is 0.267. The van der Waals surface area contributed by atoms with Crippen LogP contribution in [0, 0.1) is 11.3 Å². The first-order chi connectivity index (χ1) is 12.0. The summed E-state index contributed by atoms with van der Waals surface area (Å²) in [7, 11) is 0. The number of anilines is 1. The van der Waals surface area contributed by atoms with Crippen molar-refractivity contribution in [3.8, 4) is 11.8 Å². The fourth-order valence-electron chi connectivity index (χ4n) is 2.83. The van der Waals surface area contributed by atoms with E-state index >= 15 is 0 Å². The van der Waals surface area contributed by atoms with Crippen LogP contribution < -0.4 is 11.5 Å². The number of aromatic nitrogens is 2. The average molecular weight is 404 g/mol. The van der Waals surface area contributed by atoms with Crippen molar-refractivity contribution in [1.29, 1.82) is 5.26 Å². The number of halogens is 5. The van der Waals surface area contributed by atoms with Crippen molar-refractivity contribution in [2.45, 2.75) is 24.4 Å². The number of nitrogen functional groups attached to an aromatic ring is 1. The predicted octanol–water partition coefficient (Wildman–Crippen LogP) is 3.17. The quantitative estimate of drug-likeness (QED) is 0.819. The van der Waals surface area contributed by atoms with Gasteiger partial charge in [-0.3, -0.25) is 4.79 Å². The second-order valence-electron chi connectivity index (χ2n) is 5.87. The molecule has 1 aromatic carbocycles. The Hall–Kier alpha value is -2.44. The van der Waals surface area contributed by atoms with Gasteiger partial charge in [-0.15, -0.1) is 0 Å². The van der Waals surface area contributed by atoms with Crippen molar-refractivity contribution in [2.24, 2.45) is 5.73 Å². The van der Waals surface area contributed by atoms with Gasteiger partial charge in [0.2, 0.25) is 5.91 Å².